The van der Waals surface area contributed by atoms with E-state index in [0.717, 1.165) is 37.8 Å². The molecule has 0 aliphatic rings. The molecule has 0 spiro atoms. The molecular weight excluding hydrogens is 347 g/mol. The third-order valence-corrected chi connectivity index (χ3v) is 3.70. The van der Waals surface area contributed by atoms with Gasteiger partial charge in [-0.05, 0) is 56.4 Å². The molecule has 0 saturated carbocycles. The maximum atomic E-state index is 13.3. The average molecular weight is 367 g/mol. The number of carbonyl (C=O) groups excluding carboxylic acids is 1. The summed E-state index contributed by atoms with van der Waals surface area (Å²) < 4.78 is 49.8. The summed E-state index contributed by atoms with van der Waals surface area (Å²) in [7, 11) is 5.04. The third-order valence-electron chi connectivity index (χ3n) is 3.70. The van der Waals surface area contributed by atoms with E-state index in [1.54, 1.807) is 12.1 Å². The maximum Gasteiger partial charge on any atom is 0.420 e. The Morgan fingerprint density at radius 2 is 1.73 bits per heavy atom. The van der Waals surface area contributed by atoms with E-state index in [-0.39, 0.29) is 17.1 Å². The molecule has 0 radical (unpaired) electrons. The molecule has 0 bridgehead atoms. The first-order valence-electron chi connectivity index (χ1n) is 7.92. The fraction of sp³-hybridized carbons (Fsp3) is 0.316. The zero-order valence-corrected chi connectivity index (χ0v) is 14.8. The van der Waals surface area contributed by atoms with Gasteiger partial charge in [0.15, 0.2) is 0 Å². The lowest BCUT2D eigenvalue weighted by Crippen LogP contribution is -2.14. The van der Waals surface area contributed by atoms with Crippen LogP contribution in [0.4, 0.5) is 13.2 Å². The second-order valence-corrected chi connectivity index (χ2v) is 6.00. The number of esters is 1. The monoisotopic (exact) mass is 367 g/mol. The number of benzene rings is 2. The van der Waals surface area contributed by atoms with E-state index >= 15 is 0 Å². The molecule has 26 heavy (non-hydrogen) atoms. The highest BCUT2D eigenvalue weighted by Gasteiger charge is 2.35. The van der Waals surface area contributed by atoms with Crippen molar-refractivity contribution in [2.75, 3.05) is 27.7 Å². The minimum atomic E-state index is -4.66. The Bertz CT molecular complexity index is 756. The molecule has 0 aliphatic carbocycles. The van der Waals surface area contributed by atoms with Crippen molar-refractivity contribution in [2.45, 2.75) is 12.6 Å². The van der Waals surface area contributed by atoms with Crippen LogP contribution in [0.1, 0.15) is 21.5 Å². The smallest absolute Gasteiger partial charge is 0.420 e. The van der Waals surface area contributed by atoms with Gasteiger partial charge in [0.25, 0.3) is 0 Å². The van der Waals surface area contributed by atoms with Crippen molar-refractivity contribution in [3.05, 3.63) is 59.2 Å². The van der Waals surface area contributed by atoms with Crippen LogP contribution in [0.5, 0.6) is 11.5 Å². The second-order valence-electron chi connectivity index (χ2n) is 6.00. The third kappa shape index (κ3) is 5.23. The van der Waals surface area contributed by atoms with Crippen LogP contribution in [0.3, 0.4) is 0 Å². The summed E-state index contributed by atoms with van der Waals surface area (Å²) >= 11 is 0. The zero-order chi connectivity index (χ0) is 19.3. The number of halogens is 3. The normalized spacial score (nSPS) is 11.5. The van der Waals surface area contributed by atoms with Gasteiger partial charge >= 0.3 is 12.1 Å². The Hall–Kier alpha value is -2.54. The van der Waals surface area contributed by atoms with Crippen molar-refractivity contribution < 1.29 is 27.4 Å². The fourth-order valence-corrected chi connectivity index (χ4v) is 2.29. The van der Waals surface area contributed by atoms with Crippen LogP contribution >= 0.6 is 0 Å². The van der Waals surface area contributed by atoms with Crippen LogP contribution in [0.15, 0.2) is 42.5 Å². The lowest BCUT2D eigenvalue weighted by molar-refractivity contribution is -0.138. The predicted molar refractivity (Wildman–Crippen MR) is 91.6 cm³/mol. The van der Waals surface area contributed by atoms with Crippen molar-refractivity contribution in [2.24, 2.45) is 0 Å². The van der Waals surface area contributed by atoms with E-state index < -0.39 is 17.7 Å². The zero-order valence-electron chi connectivity index (χ0n) is 14.8. The van der Waals surface area contributed by atoms with Gasteiger partial charge in [-0.3, -0.25) is 0 Å². The largest absolute Gasteiger partial charge is 0.465 e. The Morgan fingerprint density at radius 1 is 1.08 bits per heavy atom. The molecular formula is C19H20F3NO3. The highest BCUT2D eigenvalue weighted by Crippen LogP contribution is 2.38. The minimum Gasteiger partial charge on any atom is -0.465 e. The molecule has 0 aliphatic heterocycles. The number of hydrogen-bond donors (Lipinski definition) is 0. The molecule has 140 valence electrons. The van der Waals surface area contributed by atoms with Gasteiger partial charge in [-0.2, -0.15) is 13.2 Å². The summed E-state index contributed by atoms with van der Waals surface area (Å²) in [5.41, 5.74) is -0.161. The molecule has 0 aromatic heterocycles. The molecule has 4 nitrogen and oxygen atoms in total. The lowest BCUT2D eigenvalue weighted by Gasteiger charge is -2.15. The van der Waals surface area contributed by atoms with E-state index in [9.17, 15) is 18.0 Å². The van der Waals surface area contributed by atoms with Gasteiger partial charge in [-0.25, -0.2) is 4.79 Å². The number of nitrogens with zero attached hydrogens (tertiary/aromatic N) is 1. The summed E-state index contributed by atoms with van der Waals surface area (Å²) in [6.45, 7) is 0.868. The topological polar surface area (TPSA) is 38.8 Å². The lowest BCUT2D eigenvalue weighted by atomic mass is 10.1. The number of rotatable bonds is 6. The number of methoxy groups -OCH3 is 1. The number of ether oxygens (including phenoxy) is 2. The van der Waals surface area contributed by atoms with Crippen molar-refractivity contribution in [3.8, 4) is 11.5 Å². The van der Waals surface area contributed by atoms with Crippen molar-refractivity contribution in [1.29, 1.82) is 0 Å². The second kappa shape index (κ2) is 8.23. The number of likely N-dealkylation sites (N-methyl/N-ethyl adjacent to an activating group) is 1. The molecule has 0 saturated heterocycles. The van der Waals surface area contributed by atoms with Gasteiger partial charge in [0.2, 0.25) is 0 Å². The Labute approximate surface area is 150 Å². The first-order valence-corrected chi connectivity index (χ1v) is 7.92. The van der Waals surface area contributed by atoms with E-state index in [0.29, 0.717) is 0 Å². The standard InChI is InChI=1S/C19H20F3NO3/c1-23(2)11-10-13-4-7-15(8-5-13)26-17-9-6-14(18(24)25-3)12-16(17)19(20,21)22/h4-9,12H,10-11H2,1-3H3. The quantitative estimate of drug-likeness (QED) is 0.710. The summed E-state index contributed by atoms with van der Waals surface area (Å²) in [6.07, 6.45) is -3.83. The maximum absolute atomic E-state index is 13.3. The molecule has 2 rings (SSSR count). The molecule has 0 heterocycles. The van der Waals surface area contributed by atoms with Gasteiger partial charge in [0, 0.05) is 6.54 Å². The molecule has 0 atom stereocenters. The molecule has 0 fully saturated rings. The highest BCUT2D eigenvalue weighted by molar-refractivity contribution is 5.89. The summed E-state index contributed by atoms with van der Waals surface area (Å²) in [6, 6.07) is 9.96. The molecule has 0 N–H and O–H groups in total. The Kier molecular flexibility index (Phi) is 6.26. The summed E-state index contributed by atoms with van der Waals surface area (Å²) in [4.78, 5) is 13.5. The van der Waals surface area contributed by atoms with E-state index in [1.807, 2.05) is 31.1 Å². The van der Waals surface area contributed by atoms with Crippen molar-refractivity contribution in [1.82, 2.24) is 4.90 Å². The van der Waals surface area contributed by atoms with Crippen LogP contribution < -0.4 is 4.74 Å². The molecule has 2 aromatic rings. The molecule has 0 unspecified atom stereocenters. The van der Waals surface area contributed by atoms with Crippen LogP contribution in [0.25, 0.3) is 0 Å². The molecule has 2 aromatic carbocycles. The summed E-state index contributed by atoms with van der Waals surface area (Å²) in [5.74, 6) is -0.923. The van der Waals surface area contributed by atoms with Crippen LogP contribution in [-0.4, -0.2) is 38.6 Å². The van der Waals surface area contributed by atoms with Gasteiger partial charge < -0.3 is 14.4 Å². The van der Waals surface area contributed by atoms with Gasteiger partial charge in [-0.1, -0.05) is 12.1 Å². The van der Waals surface area contributed by atoms with Crippen LogP contribution in [0, 0.1) is 0 Å². The first kappa shape index (κ1) is 19.8. The molecule has 7 heteroatoms. The summed E-state index contributed by atoms with van der Waals surface area (Å²) in [5, 5.41) is 0. The van der Waals surface area contributed by atoms with Crippen LogP contribution in [0.2, 0.25) is 0 Å². The van der Waals surface area contributed by atoms with E-state index in [2.05, 4.69) is 4.74 Å². The van der Waals surface area contributed by atoms with Gasteiger partial charge in [-0.15, -0.1) is 0 Å². The van der Waals surface area contributed by atoms with Gasteiger partial charge in [0.05, 0.1) is 18.2 Å². The first-order chi connectivity index (χ1) is 12.2. The minimum absolute atomic E-state index is 0.189. The fourth-order valence-electron chi connectivity index (χ4n) is 2.29. The predicted octanol–water partition coefficient (Wildman–Crippen LogP) is 4.39. The van der Waals surface area contributed by atoms with E-state index in [4.69, 9.17) is 4.74 Å². The number of hydrogen-bond acceptors (Lipinski definition) is 4. The van der Waals surface area contributed by atoms with Crippen molar-refractivity contribution >= 4 is 5.97 Å². The SMILES string of the molecule is COC(=O)c1ccc(Oc2ccc(CCN(C)C)cc2)c(C(F)(F)F)c1. The van der Waals surface area contributed by atoms with Crippen LogP contribution in [-0.2, 0) is 17.3 Å². The highest BCUT2D eigenvalue weighted by atomic mass is 19.4. The Morgan fingerprint density at radius 3 is 2.27 bits per heavy atom. The molecule has 0 amide bonds. The van der Waals surface area contributed by atoms with Crippen molar-refractivity contribution in [3.63, 3.8) is 0 Å². The van der Waals surface area contributed by atoms with E-state index in [1.165, 1.54) is 6.07 Å². The average Bonchev–Trinajstić information content (AvgIpc) is 2.59. The Balaban J connectivity index is 2.24. The number of alkyl halides is 3. The van der Waals surface area contributed by atoms with Gasteiger partial charge in [0.1, 0.15) is 11.5 Å². The number of carbonyl (C=O) groups is 1.